The second kappa shape index (κ2) is 10.2. The van der Waals surface area contributed by atoms with Gasteiger partial charge in [0.15, 0.2) is 0 Å². The first-order valence-electron chi connectivity index (χ1n) is 8.80. The lowest BCUT2D eigenvalue weighted by molar-refractivity contribution is 0.576. The minimum absolute atomic E-state index is 0.0906. The van der Waals surface area contributed by atoms with E-state index < -0.39 is 0 Å². The van der Waals surface area contributed by atoms with Crippen LogP contribution in [0.15, 0.2) is 17.2 Å². The summed E-state index contributed by atoms with van der Waals surface area (Å²) in [7, 11) is 0. The third kappa shape index (κ3) is 5.71. The summed E-state index contributed by atoms with van der Waals surface area (Å²) in [6.45, 7) is 2.93. The summed E-state index contributed by atoms with van der Waals surface area (Å²) in [5, 5.41) is 1.56. The van der Waals surface area contributed by atoms with Gasteiger partial charge in [0.1, 0.15) is 4.83 Å². The van der Waals surface area contributed by atoms with Gasteiger partial charge >= 0.3 is 0 Å². The van der Waals surface area contributed by atoms with Crippen LogP contribution in [-0.4, -0.2) is 14.9 Å². The largest absolute Gasteiger partial charge is 0.298 e. The quantitative estimate of drug-likeness (QED) is 0.368. The number of fused-ring (bicyclic) bond motifs is 1. The second-order valence-electron chi connectivity index (χ2n) is 6.09. The topological polar surface area (TPSA) is 34.9 Å². The minimum Gasteiger partial charge on any atom is -0.298 e. The molecule has 2 aromatic heterocycles. The minimum atomic E-state index is 0.0906. The molecule has 23 heavy (non-hydrogen) atoms. The molecule has 0 aliphatic rings. The molecule has 0 aromatic carbocycles. The number of nitrogens with zero attached hydrogens (tertiary/aromatic N) is 2. The number of alkyl halides is 1. The number of aromatic nitrogens is 2. The van der Waals surface area contributed by atoms with Crippen LogP contribution in [0.1, 0.15) is 63.2 Å². The molecule has 0 saturated carbocycles. The summed E-state index contributed by atoms with van der Waals surface area (Å²) in [5.74, 6) is 0. The Balaban J connectivity index is 1.80. The van der Waals surface area contributed by atoms with Crippen LogP contribution in [0.25, 0.3) is 10.2 Å². The molecule has 0 aliphatic heterocycles. The number of thiophene rings is 1. The van der Waals surface area contributed by atoms with Crippen molar-refractivity contribution in [3.8, 4) is 0 Å². The van der Waals surface area contributed by atoms with E-state index in [-0.39, 0.29) is 5.56 Å². The second-order valence-corrected chi connectivity index (χ2v) is 8.00. The molecule has 0 N–H and O–H groups in total. The first-order chi connectivity index (χ1) is 11.3. The molecule has 0 unspecified atom stereocenters. The van der Waals surface area contributed by atoms with Crippen molar-refractivity contribution in [1.29, 1.82) is 0 Å². The lowest BCUT2D eigenvalue weighted by Crippen LogP contribution is -2.20. The highest BCUT2D eigenvalue weighted by molar-refractivity contribution is 9.09. The molecular formula is C18H27BrN2OS. The van der Waals surface area contributed by atoms with Gasteiger partial charge in [0.2, 0.25) is 0 Å². The first-order valence-corrected chi connectivity index (χ1v) is 10.7. The number of rotatable bonds is 11. The van der Waals surface area contributed by atoms with Gasteiger partial charge in [0.05, 0.1) is 11.7 Å². The van der Waals surface area contributed by atoms with Gasteiger partial charge in [-0.3, -0.25) is 9.36 Å². The van der Waals surface area contributed by atoms with Gasteiger partial charge in [0, 0.05) is 16.8 Å². The Morgan fingerprint density at radius 2 is 1.83 bits per heavy atom. The highest BCUT2D eigenvalue weighted by Crippen LogP contribution is 2.23. The molecule has 0 spiro atoms. The van der Waals surface area contributed by atoms with E-state index in [9.17, 15) is 4.79 Å². The number of hydrogen-bond donors (Lipinski definition) is 0. The summed E-state index contributed by atoms with van der Waals surface area (Å²) in [4.78, 5) is 19.0. The van der Waals surface area contributed by atoms with Crippen LogP contribution in [0.2, 0.25) is 0 Å². The third-order valence-corrected chi connectivity index (χ3v) is 5.63. The molecule has 0 fully saturated rings. The molecular weight excluding hydrogens is 372 g/mol. The zero-order valence-electron chi connectivity index (χ0n) is 14.0. The Labute approximate surface area is 151 Å². The number of unbranched alkanes of at least 4 members (excludes halogenated alkanes) is 7. The van der Waals surface area contributed by atoms with Crippen LogP contribution < -0.4 is 5.56 Å². The molecule has 0 aliphatic carbocycles. The number of halogens is 1. The van der Waals surface area contributed by atoms with E-state index >= 15 is 0 Å². The van der Waals surface area contributed by atoms with Crippen molar-refractivity contribution in [3.63, 3.8) is 0 Å². The lowest BCUT2D eigenvalue weighted by Gasteiger charge is -2.00. The van der Waals surface area contributed by atoms with E-state index in [1.54, 1.807) is 22.2 Å². The Bertz CT molecular complexity index is 650. The summed E-state index contributed by atoms with van der Waals surface area (Å²) in [6.07, 6.45) is 13.4. The molecule has 0 saturated heterocycles. The van der Waals surface area contributed by atoms with Crippen molar-refractivity contribution in [2.45, 2.75) is 71.3 Å². The van der Waals surface area contributed by atoms with Crippen molar-refractivity contribution in [3.05, 3.63) is 27.6 Å². The highest BCUT2D eigenvalue weighted by atomic mass is 79.9. The average Bonchev–Trinajstić information content (AvgIpc) is 2.97. The van der Waals surface area contributed by atoms with E-state index in [4.69, 9.17) is 0 Å². The van der Waals surface area contributed by atoms with Crippen LogP contribution >= 0.6 is 27.3 Å². The van der Waals surface area contributed by atoms with Gasteiger partial charge in [-0.25, -0.2) is 4.98 Å². The molecule has 2 aromatic rings. The standard InChI is InChI=1S/C18H27BrN2OS/c1-2-3-4-5-6-7-8-9-10-15-13-16-17(23-15)20-14-21(12-11-19)18(16)22/h13-14H,2-12H2,1H3. The third-order valence-electron chi connectivity index (χ3n) is 4.17. The van der Waals surface area contributed by atoms with Crippen LogP contribution in [0.4, 0.5) is 0 Å². The van der Waals surface area contributed by atoms with E-state index in [0.29, 0.717) is 6.54 Å². The van der Waals surface area contributed by atoms with Gasteiger partial charge in [-0.15, -0.1) is 11.3 Å². The molecule has 0 bridgehead atoms. The zero-order valence-corrected chi connectivity index (χ0v) is 16.4. The number of aryl methyl sites for hydroxylation is 2. The predicted molar refractivity (Wildman–Crippen MR) is 104 cm³/mol. The maximum Gasteiger partial charge on any atom is 0.262 e. The van der Waals surface area contributed by atoms with Crippen LogP contribution in [0.3, 0.4) is 0 Å². The zero-order chi connectivity index (χ0) is 16.5. The molecule has 128 valence electrons. The Hall–Kier alpha value is -0.680. The summed E-state index contributed by atoms with van der Waals surface area (Å²) in [5.41, 5.74) is 0.0906. The van der Waals surface area contributed by atoms with Crippen molar-refractivity contribution in [1.82, 2.24) is 9.55 Å². The summed E-state index contributed by atoms with van der Waals surface area (Å²) < 4.78 is 1.68. The average molecular weight is 399 g/mol. The maximum absolute atomic E-state index is 12.3. The van der Waals surface area contributed by atoms with E-state index in [2.05, 4.69) is 33.9 Å². The highest BCUT2D eigenvalue weighted by Gasteiger charge is 2.08. The molecule has 3 nitrogen and oxygen atoms in total. The van der Waals surface area contributed by atoms with Gasteiger partial charge in [-0.05, 0) is 18.9 Å². The molecule has 0 amide bonds. The monoisotopic (exact) mass is 398 g/mol. The molecule has 2 heterocycles. The maximum atomic E-state index is 12.3. The van der Waals surface area contributed by atoms with Crippen molar-refractivity contribution in [2.75, 3.05) is 5.33 Å². The van der Waals surface area contributed by atoms with Crippen LogP contribution in [-0.2, 0) is 13.0 Å². The SMILES string of the molecule is CCCCCCCCCCc1cc2c(=O)n(CCBr)cnc2s1. The Morgan fingerprint density at radius 3 is 2.52 bits per heavy atom. The Kier molecular flexibility index (Phi) is 8.31. The summed E-state index contributed by atoms with van der Waals surface area (Å²) >= 11 is 5.05. The van der Waals surface area contributed by atoms with Gasteiger partial charge in [-0.1, -0.05) is 67.8 Å². The molecule has 0 radical (unpaired) electrons. The number of hydrogen-bond acceptors (Lipinski definition) is 3. The molecule has 5 heteroatoms. The van der Waals surface area contributed by atoms with Gasteiger partial charge in [-0.2, -0.15) is 0 Å². The van der Waals surface area contributed by atoms with E-state index in [1.807, 2.05) is 0 Å². The van der Waals surface area contributed by atoms with Crippen LogP contribution in [0, 0.1) is 0 Å². The fourth-order valence-corrected chi connectivity index (χ4v) is 4.23. The van der Waals surface area contributed by atoms with Crippen molar-refractivity contribution in [2.24, 2.45) is 0 Å². The van der Waals surface area contributed by atoms with E-state index in [1.165, 1.54) is 56.2 Å². The van der Waals surface area contributed by atoms with E-state index in [0.717, 1.165) is 22.0 Å². The molecule has 0 atom stereocenters. The predicted octanol–water partition coefficient (Wildman–Crippen LogP) is 5.54. The lowest BCUT2D eigenvalue weighted by atomic mass is 10.1. The van der Waals surface area contributed by atoms with Crippen LogP contribution in [0.5, 0.6) is 0 Å². The Morgan fingerprint density at radius 1 is 1.13 bits per heavy atom. The van der Waals surface area contributed by atoms with Crippen molar-refractivity contribution < 1.29 is 0 Å². The normalized spacial score (nSPS) is 11.4. The van der Waals surface area contributed by atoms with Gasteiger partial charge in [0.25, 0.3) is 5.56 Å². The fourth-order valence-electron chi connectivity index (χ4n) is 2.82. The fraction of sp³-hybridized carbons (Fsp3) is 0.667. The summed E-state index contributed by atoms with van der Waals surface area (Å²) in [6, 6.07) is 2.06. The smallest absolute Gasteiger partial charge is 0.262 e. The van der Waals surface area contributed by atoms with Crippen molar-refractivity contribution >= 4 is 37.5 Å². The molecule has 2 rings (SSSR count). The first kappa shape index (κ1) is 18.7. The van der Waals surface area contributed by atoms with Gasteiger partial charge < -0.3 is 0 Å².